The molecule has 104 valence electrons. The lowest BCUT2D eigenvalue weighted by atomic mass is 10.1. The summed E-state index contributed by atoms with van der Waals surface area (Å²) >= 11 is 0. The van der Waals surface area contributed by atoms with Gasteiger partial charge in [0.2, 0.25) is 0 Å². The zero-order valence-corrected chi connectivity index (χ0v) is 11.3. The van der Waals surface area contributed by atoms with Crippen LogP contribution in [-0.4, -0.2) is 58.6 Å². The van der Waals surface area contributed by atoms with Crippen LogP contribution >= 0.6 is 0 Å². The van der Waals surface area contributed by atoms with E-state index in [1.165, 1.54) is 0 Å². The number of oxime groups is 1. The molecule has 0 saturated carbocycles. The van der Waals surface area contributed by atoms with Gasteiger partial charge in [-0.25, -0.2) is 0 Å². The Hall–Kier alpha value is -1.66. The highest BCUT2D eigenvalue weighted by atomic mass is 16.4. The van der Waals surface area contributed by atoms with Crippen LogP contribution in [0, 0.1) is 0 Å². The van der Waals surface area contributed by atoms with E-state index in [9.17, 15) is 0 Å². The predicted molar refractivity (Wildman–Crippen MR) is 74.1 cm³/mol. The Morgan fingerprint density at radius 3 is 2.68 bits per heavy atom. The third-order valence-corrected chi connectivity index (χ3v) is 3.55. The Kier molecular flexibility index (Phi) is 4.70. The molecular weight excluding hydrogens is 242 g/mol. The molecule has 6 nitrogen and oxygen atoms in total. The summed E-state index contributed by atoms with van der Waals surface area (Å²) < 4.78 is 0. The van der Waals surface area contributed by atoms with Gasteiger partial charge in [-0.1, -0.05) is 18.1 Å². The minimum atomic E-state index is 0.0720. The summed E-state index contributed by atoms with van der Waals surface area (Å²) in [6.45, 7) is 8.35. The predicted octanol–water partition coefficient (Wildman–Crippen LogP) is 0.314. The monoisotopic (exact) mass is 263 g/mol. The molecule has 3 N–H and O–H groups in total. The van der Waals surface area contributed by atoms with Crippen molar-refractivity contribution in [3.8, 4) is 0 Å². The molecule has 0 radical (unpaired) electrons. The Morgan fingerprint density at radius 1 is 1.37 bits per heavy atom. The zero-order valence-electron chi connectivity index (χ0n) is 11.3. The number of aromatic nitrogens is 1. The molecule has 0 amide bonds. The Morgan fingerprint density at radius 2 is 2.05 bits per heavy atom. The second-order valence-electron chi connectivity index (χ2n) is 4.71. The van der Waals surface area contributed by atoms with Crippen LogP contribution < -0.4 is 5.73 Å². The van der Waals surface area contributed by atoms with Crippen molar-refractivity contribution >= 4 is 5.84 Å². The fourth-order valence-corrected chi connectivity index (χ4v) is 2.35. The lowest BCUT2D eigenvalue weighted by molar-refractivity contribution is 0.132. The maximum Gasteiger partial charge on any atom is 0.189 e. The Bertz CT molecular complexity index is 440. The normalized spacial score (nSPS) is 18.7. The number of pyridine rings is 1. The van der Waals surface area contributed by atoms with E-state index >= 15 is 0 Å². The summed E-state index contributed by atoms with van der Waals surface area (Å²) in [4.78, 5) is 9.00. The van der Waals surface area contributed by atoms with E-state index in [0.29, 0.717) is 5.69 Å². The van der Waals surface area contributed by atoms with E-state index in [1.54, 1.807) is 6.20 Å². The van der Waals surface area contributed by atoms with E-state index in [1.807, 2.05) is 12.1 Å². The molecule has 2 heterocycles. The lowest BCUT2D eigenvalue weighted by Gasteiger charge is -2.34. The topological polar surface area (TPSA) is 78.0 Å². The van der Waals surface area contributed by atoms with Gasteiger partial charge < -0.3 is 15.8 Å². The first-order valence-electron chi connectivity index (χ1n) is 6.61. The molecule has 1 aromatic rings. The number of hydrogen-bond acceptors (Lipinski definition) is 5. The van der Waals surface area contributed by atoms with Crippen molar-refractivity contribution in [1.82, 2.24) is 14.8 Å². The number of nitrogens with two attached hydrogens (primary N) is 1. The molecule has 1 aromatic heterocycles. The summed E-state index contributed by atoms with van der Waals surface area (Å²) in [5.74, 6) is 0.0720. The molecular formula is C13H21N5O. The molecule has 19 heavy (non-hydrogen) atoms. The third kappa shape index (κ3) is 3.42. The van der Waals surface area contributed by atoms with Gasteiger partial charge in [0, 0.05) is 38.9 Å². The van der Waals surface area contributed by atoms with Gasteiger partial charge in [-0.15, -0.1) is 0 Å². The maximum atomic E-state index is 8.79. The quantitative estimate of drug-likeness (QED) is 0.354. The highest BCUT2D eigenvalue weighted by molar-refractivity contribution is 5.96. The first-order valence-corrected chi connectivity index (χ1v) is 6.61. The molecule has 0 aliphatic carbocycles. The number of hydrogen-bond donors (Lipinski definition) is 2. The van der Waals surface area contributed by atoms with Gasteiger partial charge >= 0.3 is 0 Å². The van der Waals surface area contributed by atoms with Crippen LogP contribution in [0.5, 0.6) is 0 Å². The number of amidine groups is 1. The van der Waals surface area contributed by atoms with Crippen LogP contribution in [0.15, 0.2) is 23.5 Å². The molecule has 0 unspecified atom stereocenters. The summed E-state index contributed by atoms with van der Waals surface area (Å²) in [6, 6.07) is 3.86. The van der Waals surface area contributed by atoms with Gasteiger partial charge in [-0.05, 0) is 18.2 Å². The van der Waals surface area contributed by atoms with Crippen LogP contribution in [0.1, 0.15) is 18.2 Å². The van der Waals surface area contributed by atoms with Crippen LogP contribution in [0.2, 0.25) is 0 Å². The average molecular weight is 263 g/mol. The summed E-state index contributed by atoms with van der Waals surface area (Å²) in [7, 11) is 0. The largest absolute Gasteiger partial charge is 0.409 e. The van der Waals surface area contributed by atoms with Crippen molar-refractivity contribution in [2.45, 2.75) is 13.5 Å². The van der Waals surface area contributed by atoms with Crippen LogP contribution in [0.25, 0.3) is 0 Å². The smallest absolute Gasteiger partial charge is 0.189 e. The second-order valence-corrected chi connectivity index (χ2v) is 4.71. The van der Waals surface area contributed by atoms with Gasteiger partial charge in [0.15, 0.2) is 5.84 Å². The Balaban J connectivity index is 2.04. The van der Waals surface area contributed by atoms with Crippen molar-refractivity contribution in [3.63, 3.8) is 0 Å². The number of rotatable bonds is 4. The standard InChI is InChI=1S/C13H21N5O/c1-2-17-6-8-18(9-7-17)10-11-4-3-5-15-12(11)13(14)16-19/h3-5,19H,2,6-10H2,1H3,(H2,14,16). The molecule has 1 aliphatic rings. The van der Waals surface area contributed by atoms with E-state index in [-0.39, 0.29) is 5.84 Å². The lowest BCUT2D eigenvalue weighted by Crippen LogP contribution is -2.45. The Labute approximate surface area is 113 Å². The molecule has 0 bridgehead atoms. The highest BCUT2D eigenvalue weighted by Crippen LogP contribution is 2.11. The minimum absolute atomic E-state index is 0.0720. The van der Waals surface area contributed by atoms with Gasteiger partial charge in [0.25, 0.3) is 0 Å². The summed E-state index contributed by atoms with van der Waals surface area (Å²) in [5.41, 5.74) is 7.23. The fourth-order valence-electron chi connectivity index (χ4n) is 2.35. The molecule has 2 rings (SSSR count). The molecule has 1 saturated heterocycles. The number of piperazine rings is 1. The zero-order chi connectivity index (χ0) is 13.7. The summed E-state index contributed by atoms with van der Waals surface area (Å²) in [5, 5.41) is 11.8. The molecule has 0 aromatic carbocycles. The molecule has 6 heteroatoms. The van der Waals surface area contributed by atoms with Gasteiger partial charge in [-0.3, -0.25) is 9.88 Å². The van der Waals surface area contributed by atoms with E-state index in [0.717, 1.165) is 44.8 Å². The molecule has 1 fully saturated rings. The maximum absolute atomic E-state index is 8.79. The molecule has 0 atom stereocenters. The van der Waals surface area contributed by atoms with E-state index < -0.39 is 0 Å². The third-order valence-electron chi connectivity index (χ3n) is 3.55. The van der Waals surface area contributed by atoms with E-state index in [2.05, 4.69) is 26.9 Å². The van der Waals surface area contributed by atoms with Crippen molar-refractivity contribution in [2.24, 2.45) is 10.9 Å². The van der Waals surface area contributed by atoms with Crippen LogP contribution in [0.4, 0.5) is 0 Å². The highest BCUT2D eigenvalue weighted by Gasteiger charge is 2.17. The van der Waals surface area contributed by atoms with Crippen molar-refractivity contribution < 1.29 is 5.21 Å². The van der Waals surface area contributed by atoms with E-state index in [4.69, 9.17) is 10.9 Å². The average Bonchev–Trinajstić information content (AvgIpc) is 2.48. The number of nitrogens with zero attached hydrogens (tertiary/aromatic N) is 4. The van der Waals surface area contributed by atoms with Crippen molar-refractivity contribution in [1.29, 1.82) is 0 Å². The molecule has 1 aliphatic heterocycles. The SMILES string of the molecule is CCN1CCN(Cc2cccnc2C(N)=NO)CC1. The van der Waals surface area contributed by atoms with Crippen molar-refractivity contribution in [3.05, 3.63) is 29.6 Å². The first-order chi connectivity index (χ1) is 9.24. The minimum Gasteiger partial charge on any atom is -0.409 e. The summed E-state index contributed by atoms with van der Waals surface area (Å²) in [6.07, 6.45) is 1.66. The van der Waals surface area contributed by atoms with Gasteiger partial charge in [0.05, 0.1) is 0 Å². The first kappa shape index (κ1) is 13.8. The van der Waals surface area contributed by atoms with Crippen molar-refractivity contribution in [2.75, 3.05) is 32.7 Å². The van der Waals surface area contributed by atoms with Gasteiger partial charge in [0.1, 0.15) is 5.69 Å². The fraction of sp³-hybridized carbons (Fsp3) is 0.538. The van der Waals surface area contributed by atoms with Crippen LogP contribution in [0.3, 0.4) is 0 Å². The molecule has 0 spiro atoms. The van der Waals surface area contributed by atoms with Crippen LogP contribution in [-0.2, 0) is 6.54 Å². The second kappa shape index (κ2) is 6.49. The number of likely N-dealkylation sites (N-methyl/N-ethyl adjacent to an activating group) is 1. The van der Waals surface area contributed by atoms with Gasteiger partial charge in [-0.2, -0.15) is 0 Å².